The molecule has 0 heteroatoms. The van der Waals surface area contributed by atoms with E-state index in [0.717, 1.165) is 0 Å². The normalized spacial score (nSPS) is 11.8. The Kier molecular flexibility index (Phi) is 24.8. The highest BCUT2D eigenvalue weighted by Crippen LogP contribution is 2.46. The molecule has 1 saturated carbocycles. The molecule has 1 aliphatic rings. The Labute approximate surface area is 269 Å². The molecule has 0 heterocycles. The van der Waals surface area contributed by atoms with E-state index in [2.05, 4.69) is 125 Å². The molecule has 0 atom stereocenters. The van der Waals surface area contributed by atoms with Crippen LogP contribution in [0.3, 0.4) is 0 Å². The smallest absolute Gasteiger partial charge is 0.0202 e. The first-order valence-corrected chi connectivity index (χ1v) is 17.2. The molecule has 0 radical (unpaired) electrons. The van der Waals surface area contributed by atoms with Crippen molar-refractivity contribution in [2.45, 2.75) is 128 Å². The van der Waals surface area contributed by atoms with Gasteiger partial charge in [-0.15, -0.1) is 0 Å². The standard InChI is InChI=1S/C19H22.C14H14.5C2H6/c1-15-5-9-17(10-6-15)19(13-3-4-14-19)18-11-7-16(2)8-12-18;1-11-3-7-13(8-4-11)14-9-5-12(2)6-10-14;5*1-2/h5-12H,3-4,13-14H2,1-2H3;3-10H,1-2H3;5*1-2H3. The number of benzene rings is 4. The molecule has 4 aromatic carbocycles. The van der Waals surface area contributed by atoms with E-state index in [1.54, 1.807) is 0 Å². The van der Waals surface area contributed by atoms with Gasteiger partial charge in [0.15, 0.2) is 0 Å². The summed E-state index contributed by atoms with van der Waals surface area (Å²) in [5, 5.41) is 0. The van der Waals surface area contributed by atoms with E-state index in [9.17, 15) is 0 Å². The van der Waals surface area contributed by atoms with Crippen LogP contribution in [0.2, 0.25) is 0 Å². The summed E-state index contributed by atoms with van der Waals surface area (Å²) in [6.45, 7) is 28.5. The minimum atomic E-state index is 0.265. The van der Waals surface area contributed by atoms with Gasteiger partial charge in [0, 0.05) is 5.41 Å². The topological polar surface area (TPSA) is 0 Å². The molecule has 0 spiro atoms. The van der Waals surface area contributed by atoms with Gasteiger partial charge in [-0.25, -0.2) is 0 Å². The molecule has 238 valence electrons. The van der Waals surface area contributed by atoms with Gasteiger partial charge in [0.05, 0.1) is 0 Å². The summed E-state index contributed by atoms with van der Waals surface area (Å²) in [7, 11) is 0. The van der Waals surface area contributed by atoms with Crippen molar-refractivity contribution in [2.24, 2.45) is 0 Å². The van der Waals surface area contributed by atoms with Crippen molar-refractivity contribution in [2.75, 3.05) is 0 Å². The van der Waals surface area contributed by atoms with Gasteiger partial charge in [0.2, 0.25) is 0 Å². The minimum absolute atomic E-state index is 0.265. The monoisotopic (exact) mass is 583 g/mol. The summed E-state index contributed by atoms with van der Waals surface area (Å²) >= 11 is 0. The largest absolute Gasteiger partial charge is 0.0683 e. The second kappa shape index (κ2) is 25.4. The molecule has 0 bridgehead atoms. The van der Waals surface area contributed by atoms with Crippen LogP contribution in [-0.2, 0) is 5.41 Å². The third-order valence-corrected chi connectivity index (χ3v) is 7.10. The molecule has 0 aliphatic heterocycles. The zero-order valence-electron chi connectivity index (χ0n) is 30.6. The molecule has 0 nitrogen and oxygen atoms in total. The maximum absolute atomic E-state index is 2.33. The predicted octanol–water partition coefficient (Wildman–Crippen LogP) is 14.3. The molecule has 0 unspecified atom stereocenters. The molecule has 5 rings (SSSR count). The van der Waals surface area contributed by atoms with Crippen molar-refractivity contribution < 1.29 is 0 Å². The maximum atomic E-state index is 2.33. The predicted molar refractivity (Wildman–Crippen MR) is 200 cm³/mol. The van der Waals surface area contributed by atoms with Gasteiger partial charge in [-0.05, 0) is 62.8 Å². The number of hydrogen-bond donors (Lipinski definition) is 0. The molecule has 0 N–H and O–H groups in total. The van der Waals surface area contributed by atoms with Crippen molar-refractivity contribution >= 4 is 0 Å². The highest BCUT2D eigenvalue weighted by Gasteiger charge is 2.37. The van der Waals surface area contributed by atoms with E-state index >= 15 is 0 Å². The lowest BCUT2D eigenvalue weighted by Gasteiger charge is -2.30. The Bertz CT molecular complexity index is 1050. The first-order chi connectivity index (χ1) is 21.0. The van der Waals surface area contributed by atoms with Gasteiger partial charge >= 0.3 is 0 Å². The Hall–Kier alpha value is -3.12. The van der Waals surface area contributed by atoms with E-state index < -0.39 is 0 Å². The Morgan fingerprint density at radius 3 is 0.767 bits per heavy atom. The van der Waals surface area contributed by atoms with Crippen LogP contribution in [0.5, 0.6) is 0 Å². The van der Waals surface area contributed by atoms with Gasteiger partial charge in [0.1, 0.15) is 0 Å². The molecule has 0 saturated heterocycles. The van der Waals surface area contributed by atoms with Crippen LogP contribution in [0.25, 0.3) is 11.1 Å². The van der Waals surface area contributed by atoms with Gasteiger partial charge in [-0.2, -0.15) is 0 Å². The summed E-state index contributed by atoms with van der Waals surface area (Å²) in [6, 6.07) is 35.6. The molecule has 1 fully saturated rings. The highest BCUT2D eigenvalue weighted by atomic mass is 14.4. The summed E-state index contributed by atoms with van der Waals surface area (Å²) in [6.07, 6.45) is 5.28. The van der Waals surface area contributed by atoms with Crippen molar-refractivity contribution in [1.29, 1.82) is 0 Å². The molecular weight excluding hydrogens is 516 g/mol. The van der Waals surface area contributed by atoms with Crippen LogP contribution < -0.4 is 0 Å². The molecule has 4 aromatic rings. The van der Waals surface area contributed by atoms with Crippen LogP contribution >= 0.6 is 0 Å². The van der Waals surface area contributed by atoms with Crippen LogP contribution in [0, 0.1) is 27.7 Å². The van der Waals surface area contributed by atoms with E-state index in [1.165, 1.54) is 70.2 Å². The average molecular weight is 583 g/mol. The quantitative estimate of drug-likeness (QED) is 0.225. The van der Waals surface area contributed by atoms with Crippen LogP contribution in [-0.4, -0.2) is 0 Å². The zero-order valence-corrected chi connectivity index (χ0v) is 30.6. The second-order valence-electron chi connectivity index (χ2n) is 9.75. The number of rotatable bonds is 3. The SMILES string of the molecule is CC.CC.CC.CC.CC.Cc1ccc(-c2ccc(C)cc2)cc1.Cc1ccc(C2(c3ccc(C)cc3)CCCC2)cc1. The Balaban J connectivity index is 0. The second-order valence-corrected chi connectivity index (χ2v) is 9.75. The van der Waals surface area contributed by atoms with E-state index in [4.69, 9.17) is 0 Å². The molecule has 0 amide bonds. The fraction of sp³-hybridized carbons (Fsp3) is 0.442. The summed E-state index contributed by atoms with van der Waals surface area (Å²) in [5.41, 5.74) is 11.1. The van der Waals surface area contributed by atoms with Crippen LogP contribution in [0.1, 0.15) is 128 Å². The molecule has 1 aliphatic carbocycles. The van der Waals surface area contributed by atoms with E-state index in [1.807, 2.05) is 69.2 Å². The van der Waals surface area contributed by atoms with Gasteiger partial charge in [-0.3, -0.25) is 0 Å². The lowest BCUT2D eigenvalue weighted by Crippen LogP contribution is -2.23. The van der Waals surface area contributed by atoms with Crippen LogP contribution in [0.4, 0.5) is 0 Å². The summed E-state index contributed by atoms with van der Waals surface area (Å²) in [5.74, 6) is 0. The average Bonchev–Trinajstić information content (AvgIpc) is 3.59. The Morgan fingerprint density at radius 1 is 0.326 bits per heavy atom. The number of hydrogen-bond acceptors (Lipinski definition) is 0. The lowest BCUT2D eigenvalue weighted by atomic mass is 9.73. The molecular formula is C43H66. The van der Waals surface area contributed by atoms with E-state index in [-0.39, 0.29) is 5.41 Å². The Morgan fingerprint density at radius 2 is 0.535 bits per heavy atom. The lowest BCUT2D eigenvalue weighted by molar-refractivity contribution is 0.535. The van der Waals surface area contributed by atoms with Crippen molar-refractivity contribution in [1.82, 2.24) is 0 Å². The summed E-state index contributed by atoms with van der Waals surface area (Å²) in [4.78, 5) is 0. The summed E-state index contributed by atoms with van der Waals surface area (Å²) < 4.78 is 0. The van der Waals surface area contributed by atoms with E-state index in [0.29, 0.717) is 0 Å². The minimum Gasteiger partial charge on any atom is -0.0683 e. The molecule has 0 aromatic heterocycles. The van der Waals surface area contributed by atoms with Crippen molar-refractivity contribution in [3.8, 4) is 11.1 Å². The van der Waals surface area contributed by atoms with Crippen molar-refractivity contribution in [3.05, 3.63) is 130 Å². The third kappa shape index (κ3) is 13.8. The van der Waals surface area contributed by atoms with Crippen LogP contribution in [0.15, 0.2) is 97.1 Å². The zero-order chi connectivity index (χ0) is 33.3. The van der Waals surface area contributed by atoms with Crippen molar-refractivity contribution in [3.63, 3.8) is 0 Å². The fourth-order valence-corrected chi connectivity index (χ4v) is 4.96. The van der Waals surface area contributed by atoms with Gasteiger partial charge in [0.25, 0.3) is 0 Å². The maximum Gasteiger partial charge on any atom is 0.0202 e. The third-order valence-electron chi connectivity index (χ3n) is 7.10. The fourth-order valence-electron chi connectivity index (χ4n) is 4.96. The number of aryl methyl sites for hydroxylation is 4. The molecule has 43 heavy (non-hydrogen) atoms. The van der Waals surface area contributed by atoms with Gasteiger partial charge < -0.3 is 0 Å². The highest BCUT2D eigenvalue weighted by molar-refractivity contribution is 5.63. The first kappa shape index (κ1) is 42.0. The first-order valence-electron chi connectivity index (χ1n) is 17.2. The van der Waals surface area contributed by atoms with Gasteiger partial charge in [-0.1, -0.05) is 201 Å².